The highest BCUT2D eigenvalue weighted by atomic mass is 35.5. The molecule has 0 radical (unpaired) electrons. The first-order valence-electron chi connectivity index (χ1n) is 8.41. The Morgan fingerprint density at radius 2 is 1.92 bits per heavy atom. The molecule has 0 spiro atoms. The van der Waals surface area contributed by atoms with Gasteiger partial charge in [-0.05, 0) is 37.1 Å². The van der Waals surface area contributed by atoms with E-state index in [1.165, 1.54) is 11.8 Å². The number of hydrogen-bond donors (Lipinski definition) is 2. The minimum Gasteiger partial charge on any atom is -0.335 e. The molecule has 1 aliphatic carbocycles. The number of carbonyl (C=O) groups excluding carboxylic acids is 2. The minimum atomic E-state index is -0.428. The van der Waals surface area contributed by atoms with E-state index in [1.54, 1.807) is 16.7 Å². The van der Waals surface area contributed by atoms with E-state index in [0.717, 1.165) is 31.2 Å². The number of nitrogens with zero attached hydrogens (tertiary/aromatic N) is 3. The highest BCUT2D eigenvalue weighted by Crippen LogP contribution is 2.23. The second kappa shape index (κ2) is 8.55. The van der Waals surface area contributed by atoms with Gasteiger partial charge in [-0.15, -0.1) is 10.2 Å². The Morgan fingerprint density at radius 3 is 2.62 bits per heavy atom. The van der Waals surface area contributed by atoms with E-state index < -0.39 is 6.03 Å². The van der Waals surface area contributed by atoms with Crippen LogP contribution < -0.4 is 10.6 Å². The van der Waals surface area contributed by atoms with Gasteiger partial charge in [0.05, 0.1) is 5.75 Å². The molecule has 0 aliphatic heterocycles. The third kappa shape index (κ3) is 4.76. The molecule has 138 valence electrons. The van der Waals surface area contributed by atoms with Gasteiger partial charge >= 0.3 is 6.03 Å². The second-order valence-corrected chi connectivity index (χ2v) is 7.54. The number of amides is 3. The number of urea groups is 1. The predicted molar refractivity (Wildman–Crippen MR) is 101 cm³/mol. The molecule has 1 saturated carbocycles. The average molecular weight is 394 g/mol. The van der Waals surface area contributed by atoms with Crippen LogP contribution in [0.3, 0.4) is 0 Å². The molecule has 1 aliphatic rings. The lowest BCUT2D eigenvalue weighted by atomic mass is 10.2. The maximum absolute atomic E-state index is 12.0. The molecule has 7 nitrogen and oxygen atoms in total. The third-order valence-electron chi connectivity index (χ3n) is 4.21. The van der Waals surface area contributed by atoms with E-state index in [1.807, 2.05) is 19.2 Å². The van der Waals surface area contributed by atoms with Crippen LogP contribution in [-0.4, -0.2) is 38.5 Å². The first kappa shape index (κ1) is 18.7. The Balaban J connectivity index is 1.52. The lowest BCUT2D eigenvalue weighted by molar-refractivity contribution is -0.117. The van der Waals surface area contributed by atoms with Crippen molar-refractivity contribution in [2.75, 3.05) is 5.75 Å². The number of halogens is 1. The Kier molecular flexibility index (Phi) is 6.16. The van der Waals surface area contributed by atoms with Crippen LogP contribution in [0.25, 0.3) is 11.4 Å². The number of benzene rings is 1. The van der Waals surface area contributed by atoms with Crippen molar-refractivity contribution in [3.8, 4) is 11.4 Å². The van der Waals surface area contributed by atoms with Crippen LogP contribution >= 0.6 is 23.4 Å². The lowest BCUT2D eigenvalue weighted by Gasteiger charge is -2.12. The quantitative estimate of drug-likeness (QED) is 0.762. The molecule has 0 unspecified atom stereocenters. The van der Waals surface area contributed by atoms with Gasteiger partial charge in [0.25, 0.3) is 0 Å². The number of rotatable bonds is 5. The van der Waals surface area contributed by atoms with Gasteiger partial charge in [-0.1, -0.05) is 36.2 Å². The smallest absolute Gasteiger partial charge is 0.321 e. The molecule has 2 aromatic rings. The summed E-state index contributed by atoms with van der Waals surface area (Å²) in [6.07, 6.45) is 4.19. The van der Waals surface area contributed by atoms with E-state index in [2.05, 4.69) is 20.8 Å². The van der Waals surface area contributed by atoms with Gasteiger partial charge in [0, 0.05) is 23.7 Å². The maximum Gasteiger partial charge on any atom is 0.321 e. The lowest BCUT2D eigenvalue weighted by Crippen LogP contribution is -2.44. The molecule has 26 heavy (non-hydrogen) atoms. The van der Waals surface area contributed by atoms with Gasteiger partial charge < -0.3 is 9.88 Å². The Morgan fingerprint density at radius 1 is 1.23 bits per heavy atom. The van der Waals surface area contributed by atoms with Crippen molar-refractivity contribution in [2.24, 2.45) is 7.05 Å². The summed E-state index contributed by atoms with van der Waals surface area (Å²) < 4.78 is 1.81. The molecule has 0 saturated heterocycles. The van der Waals surface area contributed by atoms with Crippen molar-refractivity contribution in [3.05, 3.63) is 29.3 Å². The van der Waals surface area contributed by atoms with Crippen LogP contribution in [0.4, 0.5) is 4.79 Å². The normalized spacial score (nSPS) is 14.4. The summed E-state index contributed by atoms with van der Waals surface area (Å²) in [5, 5.41) is 14.7. The van der Waals surface area contributed by atoms with Crippen LogP contribution in [-0.2, 0) is 11.8 Å². The van der Waals surface area contributed by atoms with Gasteiger partial charge in [-0.3, -0.25) is 10.1 Å². The van der Waals surface area contributed by atoms with Gasteiger partial charge in [0.2, 0.25) is 5.91 Å². The van der Waals surface area contributed by atoms with Crippen molar-refractivity contribution in [1.82, 2.24) is 25.4 Å². The van der Waals surface area contributed by atoms with Gasteiger partial charge in [0.15, 0.2) is 11.0 Å². The van der Waals surface area contributed by atoms with Crippen molar-refractivity contribution >= 4 is 35.3 Å². The average Bonchev–Trinajstić information content (AvgIpc) is 3.24. The summed E-state index contributed by atoms with van der Waals surface area (Å²) >= 11 is 7.13. The highest BCUT2D eigenvalue weighted by Gasteiger charge is 2.19. The number of carbonyl (C=O) groups is 2. The van der Waals surface area contributed by atoms with Crippen LogP contribution in [0.5, 0.6) is 0 Å². The molecule has 0 bridgehead atoms. The fourth-order valence-electron chi connectivity index (χ4n) is 2.88. The molecule has 9 heteroatoms. The fourth-order valence-corrected chi connectivity index (χ4v) is 3.71. The predicted octanol–water partition coefficient (Wildman–Crippen LogP) is 3.00. The van der Waals surface area contributed by atoms with Crippen LogP contribution in [0.15, 0.2) is 29.4 Å². The van der Waals surface area contributed by atoms with Crippen LogP contribution in [0, 0.1) is 0 Å². The molecule has 1 aromatic heterocycles. The maximum atomic E-state index is 12.0. The standard InChI is InChI=1S/C17H20ClN5O2S/c1-23-15(11-6-8-12(18)9-7-11)21-22-17(23)26-10-14(24)20-16(25)19-13-4-2-3-5-13/h6-9,13H,2-5,10H2,1H3,(H2,19,20,24,25). The largest absolute Gasteiger partial charge is 0.335 e. The number of imide groups is 1. The van der Waals surface area contributed by atoms with Crippen LogP contribution in [0.1, 0.15) is 25.7 Å². The molecule has 1 aromatic carbocycles. The summed E-state index contributed by atoms with van der Waals surface area (Å²) in [6, 6.07) is 7.05. The molecule has 3 amide bonds. The summed E-state index contributed by atoms with van der Waals surface area (Å²) in [5.41, 5.74) is 0.886. The second-order valence-electron chi connectivity index (χ2n) is 6.16. The molecular weight excluding hydrogens is 374 g/mol. The zero-order valence-electron chi connectivity index (χ0n) is 14.4. The van der Waals surface area contributed by atoms with Gasteiger partial charge in [-0.25, -0.2) is 4.79 Å². The highest BCUT2D eigenvalue weighted by molar-refractivity contribution is 7.99. The topological polar surface area (TPSA) is 88.9 Å². The van der Waals surface area contributed by atoms with Crippen molar-refractivity contribution in [3.63, 3.8) is 0 Å². The van der Waals surface area contributed by atoms with Crippen molar-refractivity contribution in [2.45, 2.75) is 36.9 Å². The fraction of sp³-hybridized carbons (Fsp3) is 0.412. The van der Waals surface area contributed by atoms with E-state index in [0.29, 0.717) is 16.0 Å². The minimum absolute atomic E-state index is 0.0880. The van der Waals surface area contributed by atoms with E-state index in [-0.39, 0.29) is 17.7 Å². The summed E-state index contributed by atoms with van der Waals surface area (Å²) in [6.45, 7) is 0. The van der Waals surface area contributed by atoms with E-state index >= 15 is 0 Å². The van der Waals surface area contributed by atoms with Gasteiger partial charge in [0.1, 0.15) is 0 Å². The Labute approximate surface area is 160 Å². The Hall–Kier alpha value is -2.06. The van der Waals surface area contributed by atoms with Crippen molar-refractivity contribution < 1.29 is 9.59 Å². The summed E-state index contributed by atoms with van der Waals surface area (Å²) in [7, 11) is 1.83. The first-order valence-corrected chi connectivity index (χ1v) is 9.78. The number of thioether (sulfide) groups is 1. The van der Waals surface area contributed by atoms with E-state index in [9.17, 15) is 9.59 Å². The molecule has 3 rings (SSSR count). The monoisotopic (exact) mass is 393 g/mol. The zero-order valence-corrected chi connectivity index (χ0v) is 15.9. The molecule has 1 fully saturated rings. The van der Waals surface area contributed by atoms with Gasteiger partial charge in [-0.2, -0.15) is 0 Å². The zero-order chi connectivity index (χ0) is 18.5. The summed E-state index contributed by atoms with van der Waals surface area (Å²) in [4.78, 5) is 23.8. The molecule has 0 atom stereocenters. The molecular formula is C17H20ClN5O2S. The first-order chi connectivity index (χ1) is 12.5. The Bertz CT molecular complexity index is 787. The van der Waals surface area contributed by atoms with Crippen molar-refractivity contribution in [1.29, 1.82) is 0 Å². The number of hydrogen-bond acceptors (Lipinski definition) is 5. The molecule has 1 heterocycles. The third-order valence-corrected chi connectivity index (χ3v) is 5.49. The summed E-state index contributed by atoms with van der Waals surface area (Å²) in [5.74, 6) is 0.412. The van der Waals surface area contributed by atoms with E-state index in [4.69, 9.17) is 11.6 Å². The molecule has 2 N–H and O–H groups in total. The van der Waals surface area contributed by atoms with Crippen LogP contribution in [0.2, 0.25) is 5.02 Å². The number of nitrogens with one attached hydrogen (secondary N) is 2. The SMILES string of the molecule is Cn1c(SCC(=O)NC(=O)NC2CCCC2)nnc1-c1ccc(Cl)cc1. The number of aromatic nitrogens is 3.